The summed E-state index contributed by atoms with van der Waals surface area (Å²) in [6.45, 7) is 5.64. The van der Waals surface area contributed by atoms with Crippen LogP contribution in [-0.4, -0.2) is 32.8 Å². The van der Waals surface area contributed by atoms with Crippen molar-refractivity contribution in [1.29, 1.82) is 0 Å². The van der Waals surface area contributed by atoms with Crippen molar-refractivity contribution in [2.45, 2.75) is 37.1 Å². The Balaban J connectivity index is 2.08. The third-order valence-electron chi connectivity index (χ3n) is 3.75. The quantitative estimate of drug-likeness (QED) is 0.894. The van der Waals surface area contributed by atoms with Gasteiger partial charge in [0.25, 0.3) is 0 Å². The lowest BCUT2D eigenvalue weighted by atomic mass is 9.88. The molecule has 0 spiro atoms. The van der Waals surface area contributed by atoms with Gasteiger partial charge in [-0.3, -0.25) is 0 Å². The van der Waals surface area contributed by atoms with E-state index in [-0.39, 0.29) is 11.3 Å². The molecule has 0 aliphatic carbocycles. The number of sulfone groups is 1. The first kappa shape index (κ1) is 14.3. The van der Waals surface area contributed by atoms with Gasteiger partial charge in [-0.05, 0) is 37.1 Å². The summed E-state index contributed by atoms with van der Waals surface area (Å²) in [5.41, 5.74) is 7.10. The highest BCUT2D eigenvalue weighted by atomic mass is 32.2. The summed E-state index contributed by atoms with van der Waals surface area (Å²) in [6, 6.07) is 7.14. The summed E-state index contributed by atoms with van der Waals surface area (Å²) < 4.78 is 23.8. The molecule has 106 valence electrons. The Morgan fingerprint density at radius 3 is 2.26 bits per heavy atom. The first-order chi connectivity index (χ1) is 8.90. The lowest BCUT2D eigenvalue weighted by molar-refractivity contribution is 0.322. The second kappa shape index (κ2) is 5.13. The van der Waals surface area contributed by atoms with Crippen LogP contribution in [0.2, 0.25) is 0 Å². The SMILES string of the molecule is CCCS(=O)(=O)c1ccc(N2CC(N)(CC)C2)cc1. The van der Waals surface area contributed by atoms with Gasteiger partial charge >= 0.3 is 0 Å². The molecule has 2 rings (SSSR count). The molecule has 0 radical (unpaired) electrons. The highest BCUT2D eigenvalue weighted by Crippen LogP contribution is 2.28. The van der Waals surface area contributed by atoms with Crippen LogP contribution in [0.4, 0.5) is 5.69 Å². The van der Waals surface area contributed by atoms with Crippen molar-refractivity contribution >= 4 is 15.5 Å². The molecule has 1 aliphatic rings. The smallest absolute Gasteiger partial charge is 0.178 e. The molecule has 0 bridgehead atoms. The van der Waals surface area contributed by atoms with Gasteiger partial charge in [0.2, 0.25) is 0 Å². The van der Waals surface area contributed by atoms with Gasteiger partial charge < -0.3 is 10.6 Å². The summed E-state index contributed by atoms with van der Waals surface area (Å²) in [5.74, 6) is 0.206. The predicted molar refractivity (Wildman–Crippen MR) is 78.2 cm³/mol. The third-order valence-corrected chi connectivity index (χ3v) is 5.69. The number of rotatable bonds is 5. The molecule has 0 amide bonds. The second-order valence-electron chi connectivity index (χ2n) is 5.38. The van der Waals surface area contributed by atoms with Crippen molar-refractivity contribution in [2.24, 2.45) is 5.73 Å². The maximum Gasteiger partial charge on any atom is 0.178 e. The first-order valence-corrected chi connectivity index (χ1v) is 8.42. The van der Waals surface area contributed by atoms with E-state index < -0.39 is 9.84 Å². The van der Waals surface area contributed by atoms with Crippen molar-refractivity contribution in [1.82, 2.24) is 0 Å². The van der Waals surface area contributed by atoms with Gasteiger partial charge in [0.05, 0.1) is 16.2 Å². The van der Waals surface area contributed by atoms with Gasteiger partial charge in [-0.25, -0.2) is 8.42 Å². The molecular weight excluding hydrogens is 260 g/mol. The zero-order valence-electron chi connectivity index (χ0n) is 11.6. The molecule has 19 heavy (non-hydrogen) atoms. The lowest BCUT2D eigenvalue weighted by Crippen LogP contribution is -2.67. The van der Waals surface area contributed by atoms with Crippen molar-refractivity contribution in [2.75, 3.05) is 23.7 Å². The average molecular weight is 282 g/mol. The van der Waals surface area contributed by atoms with Crippen LogP contribution in [-0.2, 0) is 9.84 Å². The fraction of sp³-hybridized carbons (Fsp3) is 0.571. The Morgan fingerprint density at radius 1 is 1.21 bits per heavy atom. The minimum atomic E-state index is -3.11. The van der Waals surface area contributed by atoms with Crippen molar-refractivity contribution in [3.8, 4) is 0 Å². The zero-order chi connectivity index (χ0) is 14.1. The van der Waals surface area contributed by atoms with E-state index in [4.69, 9.17) is 5.73 Å². The molecule has 0 saturated carbocycles. The molecule has 1 aromatic rings. The van der Waals surface area contributed by atoms with Crippen LogP contribution >= 0.6 is 0 Å². The van der Waals surface area contributed by atoms with Crippen LogP contribution < -0.4 is 10.6 Å². The number of anilines is 1. The van der Waals surface area contributed by atoms with Crippen molar-refractivity contribution in [3.63, 3.8) is 0 Å². The summed E-state index contributed by atoms with van der Waals surface area (Å²) in [5, 5.41) is 0. The largest absolute Gasteiger partial charge is 0.368 e. The molecule has 1 fully saturated rings. The van der Waals surface area contributed by atoms with Gasteiger partial charge in [0.1, 0.15) is 0 Å². The average Bonchev–Trinajstić information content (AvgIpc) is 2.35. The maximum absolute atomic E-state index is 11.9. The van der Waals surface area contributed by atoms with E-state index in [1.54, 1.807) is 12.1 Å². The van der Waals surface area contributed by atoms with E-state index >= 15 is 0 Å². The van der Waals surface area contributed by atoms with Gasteiger partial charge in [0.15, 0.2) is 9.84 Å². The van der Waals surface area contributed by atoms with E-state index in [0.29, 0.717) is 11.3 Å². The summed E-state index contributed by atoms with van der Waals surface area (Å²) >= 11 is 0. The van der Waals surface area contributed by atoms with Crippen LogP contribution in [0.15, 0.2) is 29.2 Å². The summed E-state index contributed by atoms with van der Waals surface area (Å²) in [4.78, 5) is 2.59. The molecular formula is C14H22N2O2S. The molecule has 0 atom stereocenters. The molecule has 0 aromatic heterocycles. The van der Waals surface area contributed by atoms with E-state index in [9.17, 15) is 8.42 Å². The van der Waals surface area contributed by atoms with E-state index in [2.05, 4.69) is 11.8 Å². The molecule has 1 aliphatic heterocycles. The van der Waals surface area contributed by atoms with E-state index in [0.717, 1.165) is 25.2 Å². The predicted octanol–water partition coefficient (Wildman–Crippen LogP) is 1.80. The maximum atomic E-state index is 11.9. The second-order valence-corrected chi connectivity index (χ2v) is 7.49. The number of nitrogens with two attached hydrogens (primary N) is 1. The minimum Gasteiger partial charge on any atom is -0.368 e. The van der Waals surface area contributed by atoms with Crippen LogP contribution in [0.1, 0.15) is 26.7 Å². The fourth-order valence-electron chi connectivity index (χ4n) is 2.37. The molecule has 1 aromatic carbocycles. The number of hydrogen-bond acceptors (Lipinski definition) is 4. The summed E-state index contributed by atoms with van der Waals surface area (Å²) in [6.07, 6.45) is 1.61. The first-order valence-electron chi connectivity index (χ1n) is 6.77. The highest BCUT2D eigenvalue weighted by Gasteiger charge is 2.37. The molecule has 0 unspecified atom stereocenters. The Labute approximate surface area is 115 Å². The van der Waals surface area contributed by atoms with Gasteiger partial charge in [-0.2, -0.15) is 0 Å². The fourth-order valence-corrected chi connectivity index (χ4v) is 3.69. The number of benzene rings is 1. The Kier molecular flexibility index (Phi) is 3.87. The molecule has 5 heteroatoms. The standard InChI is InChI=1S/C14H22N2O2S/c1-3-9-19(17,18)13-7-5-12(6-8-13)16-10-14(15,4-2)11-16/h5-8H,3-4,9-11,15H2,1-2H3. The molecule has 1 saturated heterocycles. The molecule has 2 N–H and O–H groups in total. The van der Waals surface area contributed by atoms with Crippen molar-refractivity contribution in [3.05, 3.63) is 24.3 Å². The summed E-state index contributed by atoms with van der Waals surface area (Å²) in [7, 11) is -3.11. The van der Waals surface area contributed by atoms with Crippen molar-refractivity contribution < 1.29 is 8.42 Å². The third kappa shape index (κ3) is 2.92. The molecule has 1 heterocycles. The highest BCUT2D eigenvalue weighted by molar-refractivity contribution is 7.91. The zero-order valence-corrected chi connectivity index (χ0v) is 12.4. The monoisotopic (exact) mass is 282 g/mol. The van der Waals surface area contributed by atoms with Crippen LogP contribution in [0.3, 0.4) is 0 Å². The van der Waals surface area contributed by atoms with E-state index in [1.165, 1.54) is 0 Å². The normalized spacial score (nSPS) is 18.2. The Bertz CT molecular complexity index is 531. The van der Waals surface area contributed by atoms with Crippen LogP contribution in [0.25, 0.3) is 0 Å². The van der Waals surface area contributed by atoms with Gasteiger partial charge in [-0.15, -0.1) is 0 Å². The van der Waals surface area contributed by atoms with Crippen LogP contribution in [0, 0.1) is 0 Å². The molecule has 4 nitrogen and oxygen atoms in total. The topological polar surface area (TPSA) is 63.4 Å². The van der Waals surface area contributed by atoms with E-state index in [1.807, 2.05) is 19.1 Å². The Morgan fingerprint density at radius 2 is 1.79 bits per heavy atom. The number of hydrogen-bond donors (Lipinski definition) is 1. The number of nitrogens with zero attached hydrogens (tertiary/aromatic N) is 1. The van der Waals surface area contributed by atoms with Gasteiger partial charge in [-0.1, -0.05) is 13.8 Å². The van der Waals surface area contributed by atoms with Gasteiger partial charge in [0, 0.05) is 18.8 Å². The lowest BCUT2D eigenvalue weighted by Gasteiger charge is -2.48. The Hall–Kier alpha value is -1.07. The van der Waals surface area contributed by atoms with Crippen LogP contribution in [0.5, 0.6) is 0 Å². The minimum absolute atomic E-state index is 0.0764.